The highest BCUT2D eigenvalue weighted by molar-refractivity contribution is 9.10. The number of halogens is 1. The molecule has 1 saturated heterocycles. The quantitative estimate of drug-likeness (QED) is 0.656. The maximum Gasteiger partial charge on any atom is 0.285 e. The summed E-state index contributed by atoms with van der Waals surface area (Å²) in [5.74, 6) is 0.246. The van der Waals surface area contributed by atoms with Gasteiger partial charge >= 0.3 is 0 Å². The van der Waals surface area contributed by atoms with Gasteiger partial charge in [0.2, 0.25) is 5.91 Å². The van der Waals surface area contributed by atoms with Gasteiger partial charge in [-0.2, -0.15) is 0 Å². The first kappa shape index (κ1) is 14.0. The van der Waals surface area contributed by atoms with E-state index in [1.165, 1.54) is 6.07 Å². The largest absolute Gasteiger partial charge is 0.326 e. The lowest BCUT2D eigenvalue weighted by Crippen LogP contribution is -2.18. The molecule has 1 aliphatic heterocycles. The van der Waals surface area contributed by atoms with Gasteiger partial charge in [0.25, 0.3) is 5.69 Å². The zero-order chi connectivity index (χ0) is 13.8. The minimum atomic E-state index is -0.485. The van der Waals surface area contributed by atoms with Crippen molar-refractivity contribution in [3.05, 3.63) is 32.8 Å². The Labute approximate surface area is 118 Å². The maximum absolute atomic E-state index is 11.8. The zero-order valence-corrected chi connectivity index (χ0v) is 11.8. The SMILES string of the molecule is O=C(CC1CCNC1)Nc1ccc(Br)c([N+](=O)[O-])c1. The molecule has 1 aliphatic rings. The molecular formula is C12H14BrN3O3. The number of hydrogen-bond acceptors (Lipinski definition) is 4. The van der Waals surface area contributed by atoms with Crippen molar-refractivity contribution in [2.45, 2.75) is 12.8 Å². The molecule has 1 aromatic rings. The van der Waals surface area contributed by atoms with Crippen LogP contribution in [0.25, 0.3) is 0 Å². The first-order chi connectivity index (χ1) is 9.06. The highest BCUT2D eigenvalue weighted by atomic mass is 79.9. The number of nitrogens with one attached hydrogen (secondary N) is 2. The molecule has 1 heterocycles. The lowest BCUT2D eigenvalue weighted by Gasteiger charge is -2.09. The van der Waals surface area contributed by atoms with Crippen molar-refractivity contribution in [3.8, 4) is 0 Å². The molecule has 7 heteroatoms. The van der Waals surface area contributed by atoms with Crippen LogP contribution in [0.2, 0.25) is 0 Å². The van der Waals surface area contributed by atoms with E-state index in [0.29, 0.717) is 22.5 Å². The second-order valence-electron chi connectivity index (χ2n) is 4.53. The molecule has 1 atom stereocenters. The fourth-order valence-electron chi connectivity index (χ4n) is 2.09. The molecule has 1 fully saturated rings. The molecule has 1 amide bonds. The van der Waals surface area contributed by atoms with Crippen molar-refractivity contribution in [1.29, 1.82) is 0 Å². The molecule has 102 valence electrons. The molecule has 0 spiro atoms. The Kier molecular flexibility index (Phi) is 4.49. The van der Waals surface area contributed by atoms with E-state index in [1.54, 1.807) is 12.1 Å². The summed E-state index contributed by atoms with van der Waals surface area (Å²) in [6.07, 6.45) is 1.44. The lowest BCUT2D eigenvalue weighted by molar-refractivity contribution is -0.385. The van der Waals surface area contributed by atoms with Gasteiger partial charge in [-0.3, -0.25) is 14.9 Å². The summed E-state index contributed by atoms with van der Waals surface area (Å²) in [4.78, 5) is 22.1. The molecule has 2 rings (SSSR count). The van der Waals surface area contributed by atoms with Gasteiger partial charge in [-0.25, -0.2) is 0 Å². The van der Waals surface area contributed by atoms with Gasteiger partial charge in [0.05, 0.1) is 9.40 Å². The van der Waals surface area contributed by atoms with Gasteiger partial charge in [-0.1, -0.05) is 0 Å². The fraction of sp³-hybridized carbons (Fsp3) is 0.417. The third-order valence-corrected chi connectivity index (χ3v) is 3.73. The van der Waals surface area contributed by atoms with Crippen LogP contribution in [0.1, 0.15) is 12.8 Å². The normalized spacial score (nSPS) is 18.3. The van der Waals surface area contributed by atoms with E-state index < -0.39 is 4.92 Å². The van der Waals surface area contributed by atoms with Crippen LogP contribution in [-0.2, 0) is 4.79 Å². The number of nitro groups is 1. The van der Waals surface area contributed by atoms with E-state index in [-0.39, 0.29) is 11.6 Å². The number of carbonyl (C=O) groups is 1. The fourth-order valence-corrected chi connectivity index (χ4v) is 2.48. The molecule has 19 heavy (non-hydrogen) atoms. The first-order valence-corrected chi connectivity index (χ1v) is 6.80. The summed E-state index contributed by atoms with van der Waals surface area (Å²) in [6.45, 7) is 1.80. The Morgan fingerprint density at radius 1 is 1.58 bits per heavy atom. The second-order valence-corrected chi connectivity index (χ2v) is 5.39. The maximum atomic E-state index is 11.8. The first-order valence-electron chi connectivity index (χ1n) is 6.01. The topological polar surface area (TPSA) is 84.3 Å². The Bertz CT molecular complexity index is 501. The number of hydrogen-bond donors (Lipinski definition) is 2. The van der Waals surface area contributed by atoms with E-state index in [1.807, 2.05) is 0 Å². The van der Waals surface area contributed by atoms with Crippen LogP contribution in [0.4, 0.5) is 11.4 Å². The Morgan fingerprint density at radius 2 is 2.37 bits per heavy atom. The Hall–Kier alpha value is -1.47. The number of amides is 1. The minimum absolute atomic E-state index is 0.0552. The van der Waals surface area contributed by atoms with Crippen molar-refractivity contribution in [2.75, 3.05) is 18.4 Å². The van der Waals surface area contributed by atoms with Crippen LogP contribution in [-0.4, -0.2) is 23.9 Å². The number of nitrogens with zero attached hydrogens (tertiary/aromatic N) is 1. The number of anilines is 1. The highest BCUT2D eigenvalue weighted by Gasteiger charge is 2.19. The van der Waals surface area contributed by atoms with Crippen LogP contribution in [0.15, 0.2) is 22.7 Å². The number of carbonyl (C=O) groups excluding carboxylic acids is 1. The van der Waals surface area contributed by atoms with Crippen molar-refractivity contribution < 1.29 is 9.72 Å². The van der Waals surface area contributed by atoms with E-state index in [2.05, 4.69) is 26.6 Å². The van der Waals surface area contributed by atoms with Crippen LogP contribution in [0.3, 0.4) is 0 Å². The number of nitro benzene ring substituents is 1. The van der Waals surface area contributed by atoms with Gasteiger partial charge in [0.15, 0.2) is 0 Å². The molecule has 0 aromatic heterocycles. The van der Waals surface area contributed by atoms with E-state index in [0.717, 1.165) is 19.5 Å². The molecule has 1 unspecified atom stereocenters. The van der Waals surface area contributed by atoms with Crippen LogP contribution >= 0.6 is 15.9 Å². The molecular weight excluding hydrogens is 314 g/mol. The van der Waals surface area contributed by atoms with Gasteiger partial charge in [0, 0.05) is 18.2 Å². The van der Waals surface area contributed by atoms with Gasteiger partial charge in [0.1, 0.15) is 0 Å². The average Bonchev–Trinajstić information content (AvgIpc) is 2.84. The average molecular weight is 328 g/mol. The summed E-state index contributed by atoms with van der Waals surface area (Å²) >= 11 is 3.11. The van der Waals surface area contributed by atoms with Gasteiger partial charge in [-0.15, -0.1) is 0 Å². The Balaban J connectivity index is 2.00. The third-order valence-electron chi connectivity index (χ3n) is 3.06. The summed E-state index contributed by atoms with van der Waals surface area (Å²) < 4.78 is 0.399. The standard InChI is InChI=1S/C12H14BrN3O3/c13-10-2-1-9(6-11(10)16(18)19)15-12(17)5-8-3-4-14-7-8/h1-2,6,8,14H,3-5,7H2,(H,15,17). The smallest absolute Gasteiger partial charge is 0.285 e. The van der Waals surface area contributed by atoms with Crippen LogP contribution in [0, 0.1) is 16.0 Å². The predicted molar refractivity (Wildman–Crippen MR) is 75.0 cm³/mol. The predicted octanol–water partition coefficient (Wildman–Crippen LogP) is 2.30. The highest BCUT2D eigenvalue weighted by Crippen LogP contribution is 2.28. The van der Waals surface area contributed by atoms with Gasteiger partial charge < -0.3 is 10.6 Å². The van der Waals surface area contributed by atoms with E-state index >= 15 is 0 Å². The molecule has 0 aliphatic carbocycles. The molecule has 0 radical (unpaired) electrons. The lowest BCUT2D eigenvalue weighted by atomic mass is 10.0. The van der Waals surface area contributed by atoms with Gasteiger partial charge in [-0.05, 0) is 53.5 Å². The summed E-state index contributed by atoms with van der Waals surface area (Å²) in [5.41, 5.74) is 0.395. The second kappa shape index (κ2) is 6.12. The molecule has 1 aromatic carbocycles. The van der Waals surface area contributed by atoms with Crippen molar-refractivity contribution in [2.24, 2.45) is 5.92 Å². The van der Waals surface area contributed by atoms with Crippen LogP contribution in [0.5, 0.6) is 0 Å². The summed E-state index contributed by atoms with van der Waals surface area (Å²) in [6, 6.07) is 4.56. The van der Waals surface area contributed by atoms with E-state index in [9.17, 15) is 14.9 Å². The summed E-state index contributed by atoms with van der Waals surface area (Å²) in [7, 11) is 0. The molecule has 0 bridgehead atoms. The molecule has 2 N–H and O–H groups in total. The van der Waals surface area contributed by atoms with Crippen molar-refractivity contribution in [1.82, 2.24) is 5.32 Å². The Morgan fingerprint density at radius 3 is 3.00 bits per heavy atom. The number of benzene rings is 1. The number of rotatable bonds is 4. The monoisotopic (exact) mass is 327 g/mol. The van der Waals surface area contributed by atoms with E-state index in [4.69, 9.17) is 0 Å². The minimum Gasteiger partial charge on any atom is -0.326 e. The van der Waals surface area contributed by atoms with Crippen molar-refractivity contribution in [3.63, 3.8) is 0 Å². The molecule has 6 nitrogen and oxygen atoms in total. The third kappa shape index (κ3) is 3.74. The molecule has 0 saturated carbocycles. The summed E-state index contributed by atoms with van der Waals surface area (Å²) in [5, 5.41) is 16.7. The van der Waals surface area contributed by atoms with Crippen LogP contribution < -0.4 is 10.6 Å². The zero-order valence-electron chi connectivity index (χ0n) is 10.2. The van der Waals surface area contributed by atoms with Crippen molar-refractivity contribution >= 4 is 33.2 Å².